The van der Waals surface area contributed by atoms with Crippen LogP contribution in [-0.2, 0) is 0 Å². The molecule has 0 aromatic carbocycles. The third kappa shape index (κ3) is 1.75. The number of rotatable bonds is 0. The molecular formula is C10H16Cl2. The molecule has 0 nitrogen and oxygen atoms in total. The smallest absolute Gasteiger partial charge is 0.0502 e. The van der Waals surface area contributed by atoms with Gasteiger partial charge in [-0.15, -0.1) is 23.2 Å². The Kier molecular flexibility index (Phi) is 2.86. The van der Waals surface area contributed by atoms with Gasteiger partial charge in [0.15, 0.2) is 0 Å². The summed E-state index contributed by atoms with van der Waals surface area (Å²) in [7, 11) is 0. The Hall–Kier alpha value is 0.580. The molecule has 0 heterocycles. The maximum atomic E-state index is 6.16. The average molecular weight is 207 g/mol. The van der Waals surface area contributed by atoms with E-state index >= 15 is 0 Å². The molecule has 0 aromatic rings. The van der Waals surface area contributed by atoms with Crippen molar-refractivity contribution in [3.8, 4) is 0 Å². The Balaban J connectivity index is 1.98. The Labute approximate surface area is 84.6 Å². The summed E-state index contributed by atoms with van der Waals surface area (Å²) in [5.41, 5.74) is 0. The molecule has 0 spiro atoms. The number of hydrogen-bond donors (Lipinski definition) is 0. The summed E-state index contributed by atoms with van der Waals surface area (Å²) in [5.74, 6) is 1.80. The van der Waals surface area contributed by atoms with E-state index < -0.39 is 0 Å². The fourth-order valence-corrected chi connectivity index (χ4v) is 3.44. The van der Waals surface area contributed by atoms with Crippen molar-refractivity contribution in [3.05, 3.63) is 0 Å². The third-order valence-corrected chi connectivity index (χ3v) is 4.61. The van der Waals surface area contributed by atoms with Crippen LogP contribution in [0.2, 0.25) is 0 Å². The zero-order chi connectivity index (χ0) is 8.55. The Morgan fingerprint density at radius 1 is 0.750 bits per heavy atom. The van der Waals surface area contributed by atoms with Crippen molar-refractivity contribution in [1.82, 2.24) is 0 Å². The minimum atomic E-state index is 0.242. The molecular weight excluding hydrogens is 191 g/mol. The van der Waals surface area contributed by atoms with Crippen LogP contribution in [-0.4, -0.2) is 10.8 Å². The molecule has 0 aliphatic heterocycles. The van der Waals surface area contributed by atoms with E-state index in [-0.39, 0.29) is 10.8 Å². The van der Waals surface area contributed by atoms with Crippen LogP contribution in [0, 0.1) is 11.8 Å². The normalized spacial score (nSPS) is 48.5. The molecule has 0 N–H and O–H groups in total. The monoisotopic (exact) mass is 206 g/mol. The third-order valence-electron chi connectivity index (χ3n) is 3.51. The molecule has 2 aliphatic rings. The summed E-state index contributed by atoms with van der Waals surface area (Å²) in [6.07, 6.45) is 7.96. The maximum absolute atomic E-state index is 6.16. The molecule has 4 atom stereocenters. The summed E-state index contributed by atoms with van der Waals surface area (Å²) in [6.45, 7) is 0. The summed E-state index contributed by atoms with van der Waals surface area (Å²) in [4.78, 5) is 0. The lowest BCUT2D eigenvalue weighted by Gasteiger charge is -2.39. The molecule has 0 aromatic heterocycles. The summed E-state index contributed by atoms with van der Waals surface area (Å²) >= 11 is 12.3. The van der Waals surface area contributed by atoms with Gasteiger partial charge in [-0.05, 0) is 24.7 Å². The highest BCUT2D eigenvalue weighted by atomic mass is 35.5. The highest BCUT2D eigenvalue weighted by Gasteiger charge is 2.36. The molecule has 2 rings (SSSR count). The molecule has 0 amide bonds. The van der Waals surface area contributed by atoms with E-state index in [1.807, 2.05) is 0 Å². The van der Waals surface area contributed by atoms with Crippen LogP contribution in [0.25, 0.3) is 0 Å². The molecule has 4 unspecified atom stereocenters. The number of halogens is 2. The maximum Gasteiger partial charge on any atom is 0.0502 e. The number of hydrogen-bond acceptors (Lipinski definition) is 0. The van der Waals surface area contributed by atoms with E-state index in [1.165, 1.54) is 38.5 Å². The first kappa shape index (κ1) is 9.15. The van der Waals surface area contributed by atoms with E-state index in [2.05, 4.69) is 0 Å². The van der Waals surface area contributed by atoms with E-state index in [0.29, 0.717) is 0 Å². The SMILES string of the molecule is ClC1CC2CCCCC2CC1Cl. The minimum Gasteiger partial charge on any atom is -0.121 e. The van der Waals surface area contributed by atoms with Crippen LogP contribution < -0.4 is 0 Å². The lowest BCUT2D eigenvalue weighted by molar-refractivity contribution is 0.176. The zero-order valence-corrected chi connectivity index (χ0v) is 8.82. The van der Waals surface area contributed by atoms with Crippen molar-refractivity contribution in [2.45, 2.75) is 49.3 Å². The zero-order valence-electron chi connectivity index (χ0n) is 7.31. The van der Waals surface area contributed by atoms with Crippen LogP contribution in [0.5, 0.6) is 0 Å². The largest absolute Gasteiger partial charge is 0.121 e. The summed E-state index contributed by atoms with van der Waals surface area (Å²) < 4.78 is 0. The second-order valence-electron chi connectivity index (χ2n) is 4.31. The molecule has 2 saturated carbocycles. The van der Waals surface area contributed by atoms with Gasteiger partial charge < -0.3 is 0 Å². The van der Waals surface area contributed by atoms with Gasteiger partial charge in [-0.3, -0.25) is 0 Å². The topological polar surface area (TPSA) is 0 Å². The fraction of sp³-hybridized carbons (Fsp3) is 1.00. The molecule has 12 heavy (non-hydrogen) atoms. The van der Waals surface area contributed by atoms with Gasteiger partial charge in [-0.25, -0.2) is 0 Å². The highest BCUT2D eigenvalue weighted by molar-refractivity contribution is 6.30. The molecule has 70 valence electrons. The Morgan fingerprint density at radius 3 is 1.58 bits per heavy atom. The predicted molar refractivity (Wildman–Crippen MR) is 54.0 cm³/mol. The van der Waals surface area contributed by atoms with Gasteiger partial charge in [0, 0.05) is 0 Å². The number of fused-ring (bicyclic) bond motifs is 1. The van der Waals surface area contributed by atoms with Crippen molar-refractivity contribution >= 4 is 23.2 Å². The Bertz CT molecular complexity index is 140. The van der Waals surface area contributed by atoms with Crippen molar-refractivity contribution < 1.29 is 0 Å². The number of alkyl halides is 2. The summed E-state index contributed by atoms with van der Waals surface area (Å²) in [5, 5.41) is 0.483. The van der Waals surface area contributed by atoms with Gasteiger partial charge >= 0.3 is 0 Å². The van der Waals surface area contributed by atoms with Gasteiger partial charge in [0.1, 0.15) is 0 Å². The lowest BCUT2D eigenvalue weighted by Crippen LogP contribution is -2.34. The van der Waals surface area contributed by atoms with Crippen molar-refractivity contribution in [3.63, 3.8) is 0 Å². The van der Waals surface area contributed by atoms with Crippen molar-refractivity contribution in [2.24, 2.45) is 11.8 Å². The van der Waals surface area contributed by atoms with E-state index in [9.17, 15) is 0 Å². The minimum absolute atomic E-state index is 0.242. The van der Waals surface area contributed by atoms with Crippen LogP contribution in [0.15, 0.2) is 0 Å². The van der Waals surface area contributed by atoms with Crippen molar-refractivity contribution in [1.29, 1.82) is 0 Å². The second-order valence-corrected chi connectivity index (χ2v) is 5.43. The van der Waals surface area contributed by atoms with E-state index in [0.717, 1.165) is 11.8 Å². The lowest BCUT2D eigenvalue weighted by atomic mass is 9.71. The highest BCUT2D eigenvalue weighted by Crippen LogP contribution is 2.43. The van der Waals surface area contributed by atoms with E-state index in [4.69, 9.17) is 23.2 Å². The second kappa shape index (κ2) is 3.75. The van der Waals surface area contributed by atoms with Gasteiger partial charge in [-0.2, -0.15) is 0 Å². The summed E-state index contributed by atoms with van der Waals surface area (Å²) in [6, 6.07) is 0. The molecule has 0 bridgehead atoms. The molecule has 0 radical (unpaired) electrons. The molecule has 0 saturated heterocycles. The van der Waals surface area contributed by atoms with E-state index in [1.54, 1.807) is 0 Å². The van der Waals surface area contributed by atoms with Crippen molar-refractivity contribution in [2.75, 3.05) is 0 Å². The predicted octanol–water partition coefficient (Wildman–Crippen LogP) is 3.80. The average Bonchev–Trinajstić information content (AvgIpc) is 2.07. The molecule has 2 fully saturated rings. The standard InChI is InChI=1S/C10H16Cl2/c11-9-5-7-3-1-2-4-8(7)6-10(9)12/h7-10H,1-6H2. The van der Waals surface area contributed by atoms with Gasteiger partial charge in [0.2, 0.25) is 0 Å². The first-order valence-electron chi connectivity index (χ1n) is 5.05. The Morgan fingerprint density at radius 2 is 1.17 bits per heavy atom. The van der Waals surface area contributed by atoms with Gasteiger partial charge in [0.05, 0.1) is 10.8 Å². The van der Waals surface area contributed by atoms with Crippen LogP contribution >= 0.6 is 23.2 Å². The quantitative estimate of drug-likeness (QED) is 0.530. The van der Waals surface area contributed by atoms with Crippen LogP contribution in [0.3, 0.4) is 0 Å². The van der Waals surface area contributed by atoms with Gasteiger partial charge in [0.25, 0.3) is 0 Å². The first-order chi connectivity index (χ1) is 5.77. The molecule has 2 heteroatoms. The molecule has 2 aliphatic carbocycles. The van der Waals surface area contributed by atoms with Crippen LogP contribution in [0.1, 0.15) is 38.5 Å². The van der Waals surface area contributed by atoms with Gasteiger partial charge in [-0.1, -0.05) is 25.7 Å². The first-order valence-corrected chi connectivity index (χ1v) is 5.93. The van der Waals surface area contributed by atoms with Crippen LogP contribution in [0.4, 0.5) is 0 Å². The fourth-order valence-electron chi connectivity index (χ4n) is 2.78.